The molecule has 23 heavy (non-hydrogen) atoms. The molecule has 0 aromatic heterocycles. The first kappa shape index (κ1) is 17.2. The first-order valence-electron chi connectivity index (χ1n) is 7.45. The minimum Gasteiger partial charge on any atom is -0.326 e. The van der Waals surface area contributed by atoms with Crippen molar-refractivity contribution in [1.29, 1.82) is 0 Å². The molecule has 0 saturated heterocycles. The lowest BCUT2D eigenvalue weighted by Crippen LogP contribution is -2.48. The molecule has 2 rings (SSSR count). The van der Waals surface area contributed by atoms with Gasteiger partial charge in [0.25, 0.3) is 5.91 Å². The van der Waals surface area contributed by atoms with Gasteiger partial charge in [-0.3, -0.25) is 9.59 Å². The van der Waals surface area contributed by atoms with Crippen molar-refractivity contribution in [3.8, 4) is 0 Å². The fraction of sp³-hybridized carbons (Fsp3) is 0.263. The van der Waals surface area contributed by atoms with Gasteiger partial charge in [0.2, 0.25) is 0 Å². The van der Waals surface area contributed by atoms with Crippen molar-refractivity contribution in [2.75, 3.05) is 6.54 Å². The van der Waals surface area contributed by atoms with E-state index in [0.29, 0.717) is 16.1 Å². The van der Waals surface area contributed by atoms with Gasteiger partial charge in [0.15, 0.2) is 5.78 Å². The van der Waals surface area contributed by atoms with Gasteiger partial charge in [-0.2, -0.15) is 0 Å². The number of Topliss-reactive ketones (excluding diaryl/α,β-unsaturated/α-hetero) is 1. The van der Waals surface area contributed by atoms with Gasteiger partial charge in [-0.25, -0.2) is 0 Å². The molecular formula is C19H20ClNO2. The van der Waals surface area contributed by atoms with Gasteiger partial charge in [0, 0.05) is 21.7 Å². The zero-order chi connectivity index (χ0) is 17.0. The molecule has 0 heterocycles. The van der Waals surface area contributed by atoms with E-state index in [9.17, 15) is 9.59 Å². The number of hydrogen-bond acceptors (Lipinski definition) is 2. The highest BCUT2D eigenvalue weighted by atomic mass is 35.5. The van der Waals surface area contributed by atoms with Crippen LogP contribution < -0.4 is 0 Å². The van der Waals surface area contributed by atoms with E-state index in [2.05, 4.69) is 0 Å². The number of hydrogen-bond donors (Lipinski definition) is 0. The summed E-state index contributed by atoms with van der Waals surface area (Å²) in [6.07, 6.45) is 0. The molecule has 0 fully saturated rings. The second-order valence-corrected chi connectivity index (χ2v) is 6.79. The van der Waals surface area contributed by atoms with Gasteiger partial charge >= 0.3 is 0 Å². The van der Waals surface area contributed by atoms with Crippen molar-refractivity contribution < 1.29 is 9.59 Å². The summed E-state index contributed by atoms with van der Waals surface area (Å²) in [6, 6.07) is 15.7. The lowest BCUT2D eigenvalue weighted by molar-refractivity contribution is 0.0547. The lowest BCUT2D eigenvalue weighted by Gasteiger charge is -2.35. The van der Waals surface area contributed by atoms with Crippen molar-refractivity contribution >= 4 is 23.3 Å². The second-order valence-electron chi connectivity index (χ2n) is 6.36. The number of carbonyl (C=O) groups is 2. The number of halogens is 1. The van der Waals surface area contributed by atoms with Crippen LogP contribution in [0.3, 0.4) is 0 Å². The monoisotopic (exact) mass is 329 g/mol. The molecule has 0 atom stereocenters. The molecular weight excluding hydrogens is 310 g/mol. The highest BCUT2D eigenvalue weighted by Gasteiger charge is 2.29. The van der Waals surface area contributed by atoms with Crippen LogP contribution in [0.5, 0.6) is 0 Å². The summed E-state index contributed by atoms with van der Waals surface area (Å²) < 4.78 is 0. The summed E-state index contributed by atoms with van der Waals surface area (Å²) in [6.45, 7) is 5.78. The summed E-state index contributed by atoms with van der Waals surface area (Å²) in [5, 5.41) is 0.573. The van der Waals surface area contributed by atoms with Crippen LogP contribution in [0, 0.1) is 0 Å². The van der Waals surface area contributed by atoms with Crippen molar-refractivity contribution in [2.24, 2.45) is 0 Å². The minimum atomic E-state index is -0.471. The smallest absolute Gasteiger partial charge is 0.254 e. The molecule has 0 aliphatic carbocycles. The molecule has 0 spiro atoms. The average molecular weight is 330 g/mol. The van der Waals surface area contributed by atoms with Crippen LogP contribution in [-0.4, -0.2) is 28.7 Å². The van der Waals surface area contributed by atoms with E-state index < -0.39 is 5.54 Å². The third-order valence-corrected chi connectivity index (χ3v) is 3.80. The van der Waals surface area contributed by atoms with Gasteiger partial charge in [-0.05, 0) is 45.0 Å². The standard InChI is InChI=1S/C19H20ClNO2/c1-19(2,3)21(13-17(22)14-7-5-4-6-8-14)18(23)15-9-11-16(20)12-10-15/h4-12H,13H2,1-3H3. The molecule has 0 N–H and O–H groups in total. The topological polar surface area (TPSA) is 37.4 Å². The van der Waals surface area contributed by atoms with Crippen LogP contribution >= 0.6 is 11.6 Å². The van der Waals surface area contributed by atoms with Crippen molar-refractivity contribution in [1.82, 2.24) is 4.90 Å². The zero-order valence-electron chi connectivity index (χ0n) is 13.5. The van der Waals surface area contributed by atoms with Gasteiger partial charge in [0.05, 0.1) is 6.54 Å². The molecule has 2 aromatic rings. The predicted octanol–water partition coefficient (Wildman–Crippen LogP) is 4.46. The summed E-state index contributed by atoms with van der Waals surface area (Å²) in [5.74, 6) is -0.263. The van der Waals surface area contributed by atoms with Gasteiger partial charge < -0.3 is 4.90 Å². The molecule has 3 nitrogen and oxygen atoms in total. The van der Waals surface area contributed by atoms with E-state index in [0.717, 1.165) is 0 Å². The second kappa shape index (κ2) is 6.97. The van der Waals surface area contributed by atoms with Crippen LogP contribution in [-0.2, 0) is 0 Å². The van der Waals surface area contributed by atoms with Crippen LogP contribution in [0.4, 0.5) is 0 Å². The minimum absolute atomic E-state index is 0.0367. The Morgan fingerprint density at radius 2 is 1.48 bits per heavy atom. The summed E-state index contributed by atoms with van der Waals surface area (Å²) >= 11 is 5.87. The maximum absolute atomic E-state index is 12.8. The van der Waals surface area contributed by atoms with Gasteiger partial charge in [-0.15, -0.1) is 0 Å². The molecule has 0 unspecified atom stereocenters. The molecule has 0 aliphatic rings. The number of rotatable bonds is 4. The fourth-order valence-corrected chi connectivity index (χ4v) is 2.35. The SMILES string of the molecule is CC(C)(C)N(CC(=O)c1ccccc1)C(=O)c1ccc(Cl)cc1. The highest BCUT2D eigenvalue weighted by molar-refractivity contribution is 6.30. The molecule has 4 heteroatoms. The van der Waals surface area contributed by atoms with Crippen LogP contribution in [0.25, 0.3) is 0 Å². The molecule has 0 aliphatic heterocycles. The summed E-state index contributed by atoms with van der Waals surface area (Å²) in [4.78, 5) is 26.9. The van der Waals surface area contributed by atoms with E-state index in [1.165, 1.54) is 0 Å². The molecule has 1 amide bonds. The van der Waals surface area contributed by atoms with Crippen molar-refractivity contribution in [3.05, 3.63) is 70.7 Å². The van der Waals surface area contributed by atoms with E-state index >= 15 is 0 Å². The number of benzene rings is 2. The molecule has 120 valence electrons. The van der Waals surface area contributed by atoms with E-state index in [1.807, 2.05) is 39.0 Å². The third-order valence-electron chi connectivity index (χ3n) is 3.54. The Balaban J connectivity index is 2.26. The number of nitrogens with zero attached hydrogens (tertiary/aromatic N) is 1. The first-order valence-corrected chi connectivity index (χ1v) is 7.82. The fourth-order valence-electron chi connectivity index (χ4n) is 2.22. The lowest BCUT2D eigenvalue weighted by atomic mass is 10.0. The number of carbonyl (C=O) groups excluding carboxylic acids is 2. The van der Waals surface area contributed by atoms with Crippen LogP contribution in [0.1, 0.15) is 41.5 Å². The zero-order valence-corrected chi connectivity index (χ0v) is 14.3. The Morgan fingerprint density at radius 1 is 0.913 bits per heavy atom. The Morgan fingerprint density at radius 3 is 2.00 bits per heavy atom. The molecule has 2 aromatic carbocycles. The van der Waals surface area contributed by atoms with Crippen molar-refractivity contribution in [3.63, 3.8) is 0 Å². The Hall–Kier alpha value is -2.13. The van der Waals surface area contributed by atoms with Gasteiger partial charge in [-0.1, -0.05) is 41.9 Å². The largest absolute Gasteiger partial charge is 0.326 e. The summed E-state index contributed by atoms with van der Waals surface area (Å²) in [7, 11) is 0. The molecule has 0 saturated carbocycles. The van der Waals surface area contributed by atoms with E-state index in [-0.39, 0.29) is 18.2 Å². The number of amides is 1. The number of ketones is 1. The quantitative estimate of drug-likeness (QED) is 0.776. The Kier molecular flexibility index (Phi) is 5.22. The van der Waals surface area contributed by atoms with E-state index in [1.54, 1.807) is 41.3 Å². The molecule has 0 bridgehead atoms. The normalized spacial score (nSPS) is 11.1. The Labute approximate surface area is 141 Å². The van der Waals surface area contributed by atoms with Crippen LogP contribution in [0.15, 0.2) is 54.6 Å². The van der Waals surface area contributed by atoms with E-state index in [4.69, 9.17) is 11.6 Å². The first-order chi connectivity index (χ1) is 10.8. The van der Waals surface area contributed by atoms with Gasteiger partial charge in [0.1, 0.15) is 0 Å². The predicted molar refractivity (Wildman–Crippen MR) is 93.0 cm³/mol. The molecule has 0 radical (unpaired) electrons. The van der Waals surface area contributed by atoms with Crippen molar-refractivity contribution in [2.45, 2.75) is 26.3 Å². The maximum Gasteiger partial charge on any atom is 0.254 e. The maximum atomic E-state index is 12.8. The summed E-state index contributed by atoms with van der Waals surface area (Å²) in [5.41, 5.74) is 0.650. The highest BCUT2D eigenvalue weighted by Crippen LogP contribution is 2.19. The Bertz CT molecular complexity index is 688. The third kappa shape index (κ3) is 4.42. The average Bonchev–Trinajstić information content (AvgIpc) is 2.52. The van der Waals surface area contributed by atoms with Crippen LogP contribution in [0.2, 0.25) is 5.02 Å².